The fourth-order valence-electron chi connectivity index (χ4n) is 2.47. The largest absolute Gasteiger partial charge is 0.481 e. The third-order valence-corrected chi connectivity index (χ3v) is 3.72. The Kier molecular flexibility index (Phi) is 4.75. The number of methoxy groups -OCH3 is 1. The Hall–Kier alpha value is -1.36. The molecule has 5 heteroatoms. The van der Waals surface area contributed by atoms with Crippen LogP contribution in [0, 0.1) is 11.8 Å². The van der Waals surface area contributed by atoms with E-state index in [4.69, 9.17) is 10.5 Å². The molecule has 1 aromatic rings. The van der Waals surface area contributed by atoms with Crippen molar-refractivity contribution in [1.29, 1.82) is 0 Å². The lowest BCUT2D eigenvalue weighted by Gasteiger charge is -2.27. The second-order valence-corrected chi connectivity index (χ2v) is 4.95. The maximum Gasteiger partial charge on any atom is 0.218 e. The first-order valence-corrected chi connectivity index (χ1v) is 6.61. The normalized spacial score (nSPS) is 23.7. The van der Waals surface area contributed by atoms with Gasteiger partial charge < -0.3 is 15.8 Å². The Morgan fingerprint density at radius 1 is 1.28 bits per heavy atom. The summed E-state index contributed by atoms with van der Waals surface area (Å²) >= 11 is 0. The summed E-state index contributed by atoms with van der Waals surface area (Å²) in [7, 11) is 1.61. The molecule has 0 atom stereocenters. The molecule has 0 spiro atoms. The fraction of sp³-hybridized carbons (Fsp3) is 0.692. The first kappa shape index (κ1) is 13.1. The van der Waals surface area contributed by atoms with Crippen LogP contribution in [0.2, 0.25) is 0 Å². The van der Waals surface area contributed by atoms with Gasteiger partial charge in [0.2, 0.25) is 5.88 Å². The SMILES string of the molecule is COc1cc(NCC2CCC(CN)CC2)ncn1. The average Bonchev–Trinajstić information content (AvgIpc) is 2.46. The topological polar surface area (TPSA) is 73.1 Å². The van der Waals surface area contributed by atoms with Crippen molar-refractivity contribution in [2.24, 2.45) is 17.6 Å². The van der Waals surface area contributed by atoms with Gasteiger partial charge in [0.05, 0.1) is 7.11 Å². The van der Waals surface area contributed by atoms with E-state index < -0.39 is 0 Å². The Bertz CT molecular complexity index is 364. The molecule has 0 bridgehead atoms. The first-order chi connectivity index (χ1) is 8.81. The molecule has 3 N–H and O–H groups in total. The standard InChI is InChI=1S/C13H22N4O/c1-18-13-6-12(16-9-17-13)15-8-11-4-2-10(7-14)3-5-11/h6,9-11H,2-5,7-8,14H2,1H3,(H,15,16,17). The van der Waals surface area contributed by atoms with Crippen LogP contribution >= 0.6 is 0 Å². The summed E-state index contributed by atoms with van der Waals surface area (Å²) in [5.41, 5.74) is 5.70. The second kappa shape index (κ2) is 6.54. The quantitative estimate of drug-likeness (QED) is 0.831. The van der Waals surface area contributed by atoms with Gasteiger partial charge in [-0.2, -0.15) is 0 Å². The van der Waals surface area contributed by atoms with Crippen molar-refractivity contribution in [3.8, 4) is 5.88 Å². The Morgan fingerprint density at radius 2 is 2.00 bits per heavy atom. The van der Waals surface area contributed by atoms with Gasteiger partial charge in [-0.3, -0.25) is 0 Å². The van der Waals surface area contributed by atoms with Gasteiger partial charge in [0.25, 0.3) is 0 Å². The van der Waals surface area contributed by atoms with Crippen LogP contribution in [0.25, 0.3) is 0 Å². The summed E-state index contributed by atoms with van der Waals surface area (Å²) < 4.78 is 5.07. The van der Waals surface area contributed by atoms with E-state index in [1.54, 1.807) is 7.11 Å². The predicted molar refractivity (Wildman–Crippen MR) is 71.6 cm³/mol. The van der Waals surface area contributed by atoms with Crippen LogP contribution in [0.15, 0.2) is 12.4 Å². The predicted octanol–water partition coefficient (Wildman–Crippen LogP) is 1.66. The van der Waals surface area contributed by atoms with Gasteiger partial charge in [-0.1, -0.05) is 0 Å². The van der Waals surface area contributed by atoms with Crippen LogP contribution < -0.4 is 15.8 Å². The lowest BCUT2D eigenvalue weighted by atomic mass is 9.82. The van der Waals surface area contributed by atoms with Gasteiger partial charge in [-0.15, -0.1) is 0 Å². The molecule has 2 rings (SSSR count). The Balaban J connectivity index is 1.77. The molecule has 0 saturated heterocycles. The zero-order valence-electron chi connectivity index (χ0n) is 10.9. The number of nitrogens with two attached hydrogens (primary N) is 1. The number of hydrogen-bond donors (Lipinski definition) is 2. The minimum Gasteiger partial charge on any atom is -0.481 e. The highest BCUT2D eigenvalue weighted by Gasteiger charge is 2.19. The number of aromatic nitrogens is 2. The van der Waals surface area contributed by atoms with Crippen molar-refractivity contribution in [3.05, 3.63) is 12.4 Å². The van der Waals surface area contributed by atoms with Crippen LogP contribution in [-0.2, 0) is 0 Å². The van der Waals surface area contributed by atoms with Gasteiger partial charge in [-0.25, -0.2) is 9.97 Å². The Labute approximate surface area is 108 Å². The maximum atomic E-state index is 5.70. The van der Waals surface area contributed by atoms with Gasteiger partial charge >= 0.3 is 0 Å². The molecule has 0 aliphatic heterocycles. The highest BCUT2D eigenvalue weighted by Crippen LogP contribution is 2.28. The van der Waals surface area contributed by atoms with E-state index in [0.717, 1.165) is 30.7 Å². The molecule has 1 aromatic heterocycles. The molecule has 5 nitrogen and oxygen atoms in total. The zero-order valence-corrected chi connectivity index (χ0v) is 10.9. The third-order valence-electron chi connectivity index (χ3n) is 3.72. The molecule has 0 radical (unpaired) electrons. The maximum absolute atomic E-state index is 5.70. The van der Waals surface area contributed by atoms with Crippen molar-refractivity contribution in [2.45, 2.75) is 25.7 Å². The smallest absolute Gasteiger partial charge is 0.218 e. The molecule has 1 aliphatic carbocycles. The highest BCUT2D eigenvalue weighted by molar-refractivity contribution is 5.36. The molecule has 18 heavy (non-hydrogen) atoms. The zero-order chi connectivity index (χ0) is 12.8. The highest BCUT2D eigenvalue weighted by atomic mass is 16.5. The van der Waals surface area contributed by atoms with E-state index in [2.05, 4.69) is 15.3 Å². The van der Waals surface area contributed by atoms with Crippen molar-refractivity contribution < 1.29 is 4.74 Å². The summed E-state index contributed by atoms with van der Waals surface area (Å²) in [4.78, 5) is 8.17. The van der Waals surface area contributed by atoms with Crippen LogP contribution in [0.5, 0.6) is 5.88 Å². The molecule has 1 saturated carbocycles. The molecule has 100 valence electrons. The molecule has 1 aliphatic rings. The van der Waals surface area contributed by atoms with E-state index in [0.29, 0.717) is 5.88 Å². The summed E-state index contributed by atoms with van der Waals surface area (Å²) in [6.07, 6.45) is 6.56. The summed E-state index contributed by atoms with van der Waals surface area (Å²) in [6.45, 7) is 1.81. The third kappa shape index (κ3) is 3.57. The van der Waals surface area contributed by atoms with Gasteiger partial charge in [0, 0.05) is 12.6 Å². The van der Waals surface area contributed by atoms with E-state index in [9.17, 15) is 0 Å². The molecule has 0 amide bonds. The van der Waals surface area contributed by atoms with E-state index in [1.165, 1.54) is 32.0 Å². The average molecular weight is 250 g/mol. The number of nitrogens with zero attached hydrogens (tertiary/aromatic N) is 2. The summed E-state index contributed by atoms with van der Waals surface area (Å²) in [5, 5.41) is 3.36. The molecule has 1 fully saturated rings. The van der Waals surface area contributed by atoms with E-state index in [-0.39, 0.29) is 0 Å². The van der Waals surface area contributed by atoms with Crippen molar-refractivity contribution >= 4 is 5.82 Å². The molecular weight excluding hydrogens is 228 g/mol. The van der Waals surface area contributed by atoms with Gasteiger partial charge in [0.1, 0.15) is 12.1 Å². The lowest BCUT2D eigenvalue weighted by molar-refractivity contribution is 0.289. The van der Waals surface area contributed by atoms with Crippen molar-refractivity contribution in [1.82, 2.24) is 9.97 Å². The van der Waals surface area contributed by atoms with Crippen molar-refractivity contribution in [3.63, 3.8) is 0 Å². The van der Waals surface area contributed by atoms with Crippen LogP contribution in [0.1, 0.15) is 25.7 Å². The van der Waals surface area contributed by atoms with Crippen molar-refractivity contribution in [2.75, 3.05) is 25.5 Å². The van der Waals surface area contributed by atoms with Crippen LogP contribution in [-0.4, -0.2) is 30.2 Å². The second-order valence-electron chi connectivity index (χ2n) is 4.95. The van der Waals surface area contributed by atoms with Gasteiger partial charge in [0.15, 0.2) is 0 Å². The lowest BCUT2D eigenvalue weighted by Crippen LogP contribution is -2.25. The Morgan fingerprint density at radius 3 is 2.67 bits per heavy atom. The molecule has 0 aromatic carbocycles. The summed E-state index contributed by atoms with van der Waals surface area (Å²) in [5.74, 6) is 2.90. The number of ether oxygens (including phenoxy) is 1. The number of anilines is 1. The van der Waals surface area contributed by atoms with E-state index >= 15 is 0 Å². The van der Waals surface area contributed by atoms with Gasteiger partial charge in [-0.05, 0) is 44.1 Å². The van der Waals surface area contributed by atoms with E-state index in [1.807, 2.05) is 6.07 Å². The molecule has 0 unspecified atom stereocenters. The number of rotatable bonds is 5. The molecule has 1 heterocycles. The minimum atomic E-state index is 0.597. The summed E-state index contributed by atoms with van der Waals surface area (Å²) in [6, 6.07) is 1.82. The first-order valence-electron chi connectivity index (χ1n) is 6.61. The van der Waals surface area contributed by atoms with Crippen LogP contribution in [0.3, 0.4) is 0 Å². The number of nitrogens with one attached hydrogen (secondary N) is 1. The fourth-order valence-corrected chi connectivity index (χ4v) is 2.47. The van der Waals surface area contributed by atoms with Crippen LogP contribution in [0.4, 0.5) is 5.82 Å². The minimum absolute atomic E-state index is 0.597. The molecular formula is C13H22N4O. The monoisotopic (exact) mass is 250 g/mol. The number of hydrogen-bond acceptors (Lipinski definition) is 5.